The Morgan fingerprint density at radius 3 is 1.71 bits per heavy atom. The van der Waals surface area contributed by atoms with Gasteiger partial charge in [0.2, 0.25) is 0 Å². The summed E-state index contributed by atoms with van der Waals surface area (Å²) in [5.41, 5.74) is 2.81. The van der Waals surface area contributed by atoms with E-state index >= 15 is 0 Å². The molecule has 3 aromatic rings. The number of hydrogen-bond donors (Lipinski definition) is 0. The lowest BCUT2D eigenvalue weighted by atomic mass is 10.1. The fraction of sp³-hybridized carbons (Fsp3) is 0. The lowest BCUT2D eigenvalue weighted by Gasteiger charge is -1.97. The Morgan fingerprint density at radius 1 is 0.643 bits per heavy atom. The van der Waals surface area contributed by atoms with Crippen LogP contribution in [0.3, 0.4) is 0 Å². The van der Waals surface area contributed by atoms with Gasteiger partial charge in [-0.2, -0.15) is 0 Å². The molecule has 0 saturated heterocycles. The second-order valence-corrected chi connectivity index (χ2v) is 5.73. The zero-order chi connectivity index (χ0) is 19.9. The van der Waals surface area contributed by atoms with Crippen LogP contribution in [0.2, 0.25) is 0 Å². The first-order valence-corrected chi connectivity index (χ1v) is 8.18. The molecular formula is C20H14N4O4. The minimum atomic E-state index is -0.460. The minimum Gasteiger partial charge on any atom is -0.258 e. The van der Waals surface area contributed by atoms with Crippen molar-refractivity contribution in [1.82, 2.24) is 0 Å². The molecule has 138 valence electrons. The molecule has 28 heavy (non-hydrogen) atoms. The molecule has 0 amide bonds. The van der Waals surface area contributed by atoms with Crippen molar-refractivity contribution in [2.75, 3.05) is 0 Å². The fourth-order valence-electron chi connectivity index (χ4n) is 2.31. The topological polar surface area (TPSA) is 111 Å². The molecule has 0 N–H and O–H groups in total. The number of aliphatic imine (C=N–C) groups is 2. The van der Waals surface area contributed by atoms with E-state index in [1.54, 1.807) is 36.7 Å². The number of nitro groups is 2. The molecule has 0 aliphatic heterocycles. The van der Waals surface area contributed by atoms with Crippen molar-refractivity contribution >= 4 is 35.2 Å². The van der Waals surface area contributed by atoms with Gasteiger partial charge in [-0.05, 0) is 29.3 Å². The van der Waals surface area contributed by atoms with Crippen LogP contribution in [-0.4, -0.2) is 22.3 Å². The Bertz CT molecular complexity index is 1060. The summed E-state index contributed by atoms with van der Waals surface area (Å²) in [6, 6.07) is 19.4. The molecule has 0 aliphatic carbocycles. The van der Waals surface area contributed by atoms with Crippen LogP contribution < -0.4 is 0 Å². The number of non-ortho nitro benzene ring substituents is 2. The highest BCUT2D eigenvalue weighted by atomic mass is 16.6. The first-order chi connectivity index (χ1) is 13.5. The summed E-state index contributed by atoms with van der Waals surface area (Å²) in [5.74, 6) is 0. The maximum absolute atomic E-state index is 10.8. The quantitative estimate of drug-likeness (QED) is 0.343. The number of rotatable bonds is 6. The SMILES string of the molecule is O=[N+]([O-])c1ccc(N=Cc2ccc(C=Nc3cccc([N+](=O)[O-])c3)cc2)cc1. The normalized spacial score (nSPS) is 11.1. The number of hydrogen-bond acceptors (Lipinski definition) is 6. The summed E-state index contributed by atoms with van der Waals surface area (Å²) < 4.78 is 0. The Morgan fingerprint density at radius 2 is 1.18 bits per heavy atom. The van der Waals surface area contributed by atoms with Gasteiger partial charge in [-0.25, -0.2) is 0 Å². The van der Waals surface area contributed by atoms with Gasteiger partial charge < -0.3 is 0 Å². The van der Waals surface area contributed by atoms with Crippen molar-refractivity contribution in [3.63, 3.8) is 0 Å². The Balaban J connectivity index is 1.67. The molecule has 0 unspecified atom stereocenters. The zero-order valence-corrected chi connectivity index (χ0v) is 14.5. The zero-order valence-electron chi connectivity index (χ0n) is 14.5. The fourth-order valence-corrected chi connectivity index (χ4v) is 2.31. The Labute approximate surface area is 159 Å². The van der Waals surface area contributed by atoms with Crippen LogP contribution in [0.4, 0.5) is 22.7 Å². The summed E-state index contributed by atoms with van der Waals surface area (Å²) in [5, 5.41) is 21.4. The van der Waals surface area contributed by atoms with Crippen LogP contribution in [0.5, 0.6) is 0 Å². The lowest BCUT2D eigenvalue weighted by molar-refractivity contribution is -0.385. The monoisotopic (exact) mass is 374 g/mol. The summed E-state index contributed by atoms with van der Waals surface area (Å²) >= 11 is 0. The number of benzene rings is 3. The van der Waals surface area contributed by atoms with Crippen molar-refractivity contribution < 1.29 is 9.85 Å². The van der Waals surface area contributed by atoms with Gasteiger partial charge in [0, 0.05) is 36.7 Å². The molecule has 3 rings (SSSR count). The average Bonchev–Trinajstić information content (AvgIpc) is 2.72. The highest BCUT2D eigenvalue weighted by molar-refractivity contribution is 5.86. The van der Waals surface area contributed by atoms with E-state index in [-0.39, 0.29) is 11.4 Å². The van der Waals surface area contributed by atoms with Crippen LogP contribution >= 0.6 is 0 Å². The van der Waals surface area contributed by atoms with Crippen LogP contribution in [-0.2, 0) is 0 Å². The maximum atomic E-state index is 10.8. The number of nitrogens with zero attached hydrogens (tertiary/aromatic N) is 4. The Hall–Kier alpha value is -4.20. The third-order valence-corrected chi connectivity index (χ3v) is 3.76. The van der Waals surface area contributed by atoms with E-state index < -0.39 is 9.85 Å². The third-order valence-electron chi connectivity index (χ3n) is 3.76. The van der Waals surface area contributed by atoms with Gasteiger partial charge >= 0.3 is 0 Å². The Kier molecular flexibility index (Phi) is 5.61. The third kappa shape index (κ3) is 4.92. The number of nitro benzene ring substituents is 2. The van der Waals surface area contributed by atoms with E-state index in [9.17, 15) is 20.2 Å². The molecule has 0 aliphatic rings. The summed E-state index contributed by atoms with van der Waals surface area (Å²) in [4.78, 5) is 29.0. The van der Waals surface area contributed by atoms with E-state index in [4.69, 9.17) is 0 Å². The van der Waals surface area contributed by atoms with Crippen LogP contribution in [0.1, 0.15) is 11.1 Å². The highest BCUT2D eigenvalue weighted by Crippen LogP contribution is 2.20. The van der Waals surface area contributed by atoms with Crippen molar-refractivity contribution in [1.29, 1.82) is 0 Å². The van der Waals surface area contributed by atoms with Gasteiger partial charge in [-0.3, -0.25) is 30.2 Å². The van der Waals surface area contributed by atoms with Crippen LogP contribution in [0.25, 0.3) is 0 Å². The average molecular weight is 374 g/mol. The molecule has 0 aromatic heterocycles. The van der Waals surface area contributed by atoms with Crippen LogP contribution in [0.15, 0.2) is 82.8 Å². The molecule has 0 bridgehead atoms. The van der Waals surface area contributed by atoms with E-state index in [1.807, 2.05) is 24.3 Å². The molecule has 0 atom stereocenters. The summed E-state index contributed by atoms with van der Waals surface area (Å²) in [7, 11) is 0. The summed E-state index contributed by atoms with van der Waals surface area (Å²) in [6.45, 7) is 0. The molecule has 0 fully saturated rings. The second kappa shape index (κ2) is 8.45. The van der Waals surface area contributed by atoms with Crippen molar-refractivity contribution in [2.24, 2.45) is 9.98 Å². The largest absolute Gasteiger partial charge is 0.271 e. The van der Waals surface area contributed by atoms with Crippen molar-refractivity contribution in [2.45, 2.75) is 0 Å². The van der Waals surface area contributed by atoms with Crippen molar-refractivity contribution in [3.05, 3.63) is 104 Å². The highest BCUT2D eigenvalue weighted by Gasteiger charge is 2.04. The van der Waals surface area contributed by atoms with Gasteiger partial charge in [0.05, 0.1) is 21.2 Å². The molecule has 3 aromatic carbocycles. The molecular weight excluding hydrogens is 360 g/mol. The van der Waals surface area contributed by atoms with Gasteiger partial charge in [-0.1, -0.05) is 30.3 Å². The van der Waals surface area contributed by atoms with E-state index in [0.717, 1.165) is 11.1 Å². The molecule has 0 radical (unpaired) electrons. The molecule has 8 nitrogen and oxygen atoms in total. The second-order valence-electron chi connectivity index (χ2n) is 5.73. The van der Waals surface area contributed by atoms with E-state index in [1.165, 1.54) is 24.3 Å². The van der Waals surface area contributed by atoms with Gasteiger partial charge in [0.15, 0.2) is 0 Å². The van der Waals surface area contributed by atoms with Crippen molar-refractivity contribution in [3.8, 4) is 0 Å². The molecule has 0 saturated carbocycles. The molecule has 8 heteroatoms. The molecule has 0 spiro atoms. The minimum absolute atomic E-state index is 0.00699. The van der Waals surface area contributed by atoms with E-state index in [2.05, 4.69) is 9.98 Å². The van der Waals surface area contributed by atoms with Gasteiger partial charge in [0.1, 0.15) is 0 Å². The predicted molar refractivity (Wildman–Crippen MR) is 107 cm³/mol. The smallest absolute Gasteiger partial charge is 0.258 e. The standard InChI is InChI=1S/C20H14N4O4/c25-23(26)19-10-8-17(9-11-19)21-13-15-4-6-16(7-5-15)14-22-18-2-1-3-20(12-18)24(27)28/h1-14H. The van der Waals surface area contributed by atoms with Gasteiger partial charge in [0.25, 0.3) is 11.4 Å². The first kappa shape index (κ1) is 18.6. The summed E-state index contributed by atoms with van der Waals surface area (Å²) in [6.07, 6.45) is 3.28. The molecule has 0 heterocycles. The maximum Gasteiger partial charge on any atom is 0.271 e. The first-order valence-electron chi connectivity index (χ1n) is 8.18. The lowest BCUT2D eigenvalue weighted by Crippen LogP contribution is -1.87. The van der Waals surface area contributed by atoms with E-state index in [0.29, 0.717) is 11.4 Å². The van der Waals surface area contributed by atoms with Gasteiger partial charge in [-0.15, -0.1) is 0 Å². The predicted octanol–water partition coefficient (Wildman–Crippen LogP) is 5.00. The van der Waals surface area contributed by atoms with Crippen LogP contribution in [0, 0.1) is 20.2 Å².